The van der Waals surface area contributed by atoms with E-state index < -0.39 is 9.84 Å². The number of pyridine rings is 1. The van der Waals surface area contributed by atoms with Crippen LogP contribution in [-0.4, -0.2) is 21.5 Å². The van der Waals surface area contributed by atoms with Gasteiger partial charge >= 0.3 is 0 Å². The Morgan fingerprint density at radius 3 is 2.33 bits per heavy atom. The number of anilines is 1. The number of sulfone groups is 1. The number of halogens is 1. The monoisotopic (exact) mass is 401 g/mol. The molecule has 1 aliphatic heterocycles. The second-order valence-electron chi connectivity index (χ2n) is 6.91. The number of fused-ring (bicyclic) bond motifs is 1. The van der Waals surface area contributed by atoms with Crippen LogP contribution in [0.3, 0.4) is 0 Å². The Morgan fingerprint density at radius 2 is 1.63 bits per heavy atom. The number of rotatable bonds is 3. The van der Waals surface area contributed by atoms with Crippen molar-refractivity contribution in [3.05, 3.63) is 59.8 Å². The molecule has 2 heterocycles. The Morgan fingerprint density at radius 1 is 0.926 bits per heavy atom. The number of nitrogens with zero attached hydrogens (tertiary/aromatic N) is 1. The minimum Gasteiger partial charge on any atom is -0.370 e. The van der Waals surface area contributed by atoms with Gasteiger partial charge in [-0.05, 0) is 37.1 Å². The van der Waals surface area contributed by atoms with Crippen molar-refractivity contribution in [2.45, 2.75) is 35.5 Å². The highest BCUT2D eigenvalue weighted by Gasteiger charge is 2.29. The number of hydrogen-bond donors (Lipinski definition) is 0. The van der Waals surface area contributed by atoms with Crippen molar-refractivity contribution >= 4 is 38.0 Å². The molecule has 140 valence electrons. The lowest BCUT2D eigenvalue weighted by atomic mass is 10.1. The van der Waals surface area contributed by atoms with Crippen LogP contribution >= 0.6 is 11.6 Å². The van der Waals surface area contributed by atoms with E-state index in [4.69, 9.17) is 11.6 Å². The highest BCUT2D eigenvalue weighted by atomic mass is 35.5. The van der Waals surface area contributed by atoms with E-state index in [0.29, 0.717) is 14.8 Å². The van der Waals surface area contributed by atoms with Gasteiger partial charge < -0.3 is 4.90 Å². The molecule has 4 rings (SSSR count). The second kappa shape index (κ2) is 7.49. The van der Waals surface area contributed by atoms with Crippen molar-refractivity contribution in [2.24, 2.45) is 0 Å². The summed E-state index contributed by atoms with van der Waals surface area (Å²) in [6.45, 7) is 1.70. The molecular weight excluding hydrogens is 380 g/mol. The van der Waals surface area contributed by atoms with Gasteiger partial charge in [-0.3, -0.25) is 0 Å². The van der Waals surface area contributed by atoms with Gasteiger partial charge in [-0.2, -0.15) is 0 Å². The number of aromatic amines is 1. The smallest absolute Gasteiger partial charge is 0.214 e. The van der Waals surface area contributed by atoms with E-state index >= 15 is 0 Å². The van der Waals surface area contributed by atoms with Crippen LogP contribution in [0.25, 0.3) is 10.9 Å². The molecule has 6 heteroatoms. The normalized spacial score (nSPS) is 15.7. The molecule has 0 unspecified atom stereocenters. The summed E-state index contributed by atoms with van der Waals surface area (Å²) >= 11 is 6.26. The van der Waals surface area contributed by atoms with Crippen LogP contribution in [0.1, 0.15) is 25.7 Å². The zero-order valence-corrected chi connectivity index (χ0v) is 16.6. The number of hydrogen-bond acceptors (Lipinski definition) is 3. The standard InChI is InChI=1S/C21H21ClN2O2S/c22-16-10-11-19-18(14-16)21(24-12-6-1-2-7-13-24)20(15-23-19)27(25,26)17-8-4-3-5-9-17/h3-5,8-11,14-15H,1-2,6-7,12-13H2/p+1. The minimum absolute atomic E-state index is 0.302. The summed E-state index contributed by atoms with van der Waals surface area (Å²) in [7, 11) is -3.65. The third-order valence-corrected chi connectivity index (χ3v) is 7.11. The maximum atomic E-state index is 13.4. The van der Waals surface area contributed by atoms with Gasteiger partial charge in [0.1, 0.15) is 0 Å². The summed E-state index contributed by atoms with van der Waals surface area (Å²) in [6, 6.07) is 14.2. The van der Waals surface area contributed by atoms with Crippen molar-refractivity contribution in [1.29, 1.82) is 0 Å². The van der Waals surface area contributed by atoms with Crippen molar-refractivity contribution in [3.8, 4) is 0 Å². The fourth-order valence-electron chi connectivity index (χ4n) is 3.73. The maximum Gasteiger partial charge on any atom is 0.214 e. The number of aromatic nitrogens is 1. The van der Waals surface area contributed by atoms with Crippen molar-refractivity contribution in [2.75, 3.05) is 18.0 Å². The van der Waals surface area contributed by atoms with Gasteiger partial charge in [-0.1, -0.05) is 42.6 Å². The Bertz CT molecular complexity index is 1060. The molecule has 1 aliphatic rings. The highest BCUT2D eigenvalue weighted by molar-refractivity contribution is 7.91. The Balaban J connectivity index is 1.98. The van der Waals surface area contributed by atoms with E-state index in [0.717, 1.165) is 42.5 Å². The van der Waals surface area contributed by atoms with Crippen molar-refractivity contribution in [1.82, 2.24) is 0 Å². The molecule has 0 saturated carbocycles. The van der Waals surface area contributed by atoms with Gasteiger partial charge in [-0.25, -0.2) is 13.4 Å². The van der Waals surface area contributed by atoms with E-state index in [1.54, 1.807) is 30.5 Å². The van der Waals surface area contributed by atoms with Crippen LogP contribution < -0.4 is 9.88 Å². The molecule has 0 bridgehead atoms. The first-order chi connectivity index (χ1) is 13.1. The first-order valence-electron chi connectivity index (χ1n) is 9.26. The van der Waals surface area contributed by atoms with Crippen LogP contribution in [-0.2, 0) is 9.84 Å². The van der Waals surface area contributed by atoms with Gasteiger partial charge in [0.2, 0.25) is 15.4 Å². The lowest BCUT2D eigenvalue weighted by Crippen LogP contribution is -2.27. The van der Waals surface area contributed by atoms with E-state index in [9.17, 15) is 8.42 Å². The van der Waals surface area contributed by atoms with E-state index in [-0.39, 0.29) is 0 Å². The molecule has 3 aromatic rings. The lowest BCUT2D eigenvalue weighted by Gasteiger charge is -2.25. The van der Waals surface area contributed by atoms with Gasteiger partial charge in [0.25, 0.3) is 0 Å². The quantitative estimate of drug-likeness (QED) is 0.648. The molecule has 0 spiro atoms. The predicted octanol–water partition coefficient (Wildman–Crippen LogP) is 4.52. The molecule has 0 atom stereocenters. The molecule has 1 aromatic heterocycles. The number of H-pyrrole nitrogens is 1. The van der Waals surface area contributed by atoms with Crippen LogP contribution in [0, 0.1) is 0 Å². The lowest BCUT2D eigenvalue weighted by molar-refractivity contribution is -0.347. The molecule has 0 aliphatic carbocycles. The summed E-state index contributed by atoms with van der Waals surface area (Å²) < 4.78 is 26.9. The average molecular weight is 402 g/mol. The van der Waals surface area contributed by atoms with Crippen LogP contribution in [0.2, 0.25) is 5.02 Å². The fraction of sp³-hybridized carbons (Fsp3) is 0.286. The third kappa shape index (κ3) is 3.54. The highest BCUT2D eigenvalue weighted by Crippen LogP contribution is 2.36. The fourth-order valence-corrected chi connectivity index (χ4v) is 5.38. The Labute approximate surface area is 164 Å². The predicted molar refractivity (Wildman–Crippen MR) is 108 cm³/mol. The summed E-state index contributed by atoms with van der Waals surface area (Å²) in [5.74, 6) is 0. The molecule has 27 heavy (non-hydrogen) atoms. The van der Waals surface area contributed by atoms with Gasteiger partial charge in [0, 0.05) is 24.2 Å². The SMILES string of the molecule is O=S(=O)(c1ccccc1)c1c[nH+]c2ccc(Cl)cc2c1N1CCCCCC1. The average Bonchev–Trinajstić information content (AvgIpc) is 2.97. The zero-order chi connectivity index (χ0) is 18.9. The van der Waals surface area contributed by atoms with Crippen molar-refractivity contribution in [3.63, 3.8) is 0 Å². The van der Waals surface area contributed by atoms with Gasteiger partial charge in [0.15, 0.2) is 11.1 Å². The first kappa shape index (κ1) is 18.3. The maximum absolute atomic E-state index is 13.4. The minimum atomic E-state index is -3.65. The van der Waals surface area contributed by atoms with E-state index in [2.05, 4.69) is 9.88 Å². The van der Waals surface area contributed by atoms with Gasteiger partial charge in [0.05, 0.1) is 16.0 Å². The summed E-state index contributed by atoms with van der Waals surface area (Å²) in [6.07, 6.45) is 6.10. The van der Waals surface area contributed by atoms with E-state index in [1.165, 1.54) is 12.8 Å². The van der Waals surface area contributed by atoms with E-state index in [1.807, 2.05) is 24.3 Å². The summed E-state index contributed by atoms with van der Waals surface area (Å²) in [5, 5.41) is 1.45. The molecule has 4 nitrogen and oxygen atoms in total. The van der Waals surface area contributed by atoms with Crippen LogP contribution in [0.4, 0.5) is 5.69 Å². The Kier molecular flexibility index (Phi) is 5.06. The van der Waals surface area contributed by atoms with Crippen molar-refractivity contribution < 1.29 is 13.4 Å². The second-order valence-corrected chi connectivity index (χ2v) is 9.26. The third-order valence-electron chi connectivity index (χ3n) is 5.09. The molecule has 0 amide bonds. The molecule has 2 aromatic carbocycles. The van der Waals surface area contributed by atoms with Gasteiger partial charge in [-0.15, -0.1) is 0 Å². The van der Waals surface area contributed by atoms with Crippen LogP contribution in [0.5, 0.6) is 0 Å². The zero-order valence-electron chi connectivity index (χ0n) is 15.0. The molecule has 1 fully saturated rings. The summed E-state index contributed by atoms with van der Waals surface area (Å²) in [5.41, 5.74) is 1.64. The Hall–Kier alpha value is -2.11. The molecule has 1 N–H and O–H groups in total. The number of benzene rings is 2. The molecule has 0 radical (unpaired) electrons. The largest absolute Gasteiger partial charge is 0.370 e. The molecular formula is C21H22ClN2O2S+. The topological polar surface area (TPSA) is 51.5 Å². The first-order valence-corrected chi connectivity index (χ1v) is 11.1. The molecule has 1 saturated heterocycles. The number of nitrogens with one attached hydrogen (secondary N) is 1. The summed E-state index contributed by atoms with van der Waals surface area (Å²) in [4.78, 5) is 5.98. The van der Waals surface area contributed by atoms with Crippen LogP contribution in [0.15, 0.2) is 64.5 Å².